The Hall–Kier alpha value is -0.710. The van der Waals surface area contributed by atoms with Crippen molar-refractivity contribution in [1.82, 2.24) is 14.0 Å². The number of hydrogen-bond donors (Lipinski definition) is 1. The van der Waals surface area contributed by atoms with E-state index in [9.17, 15) is 21.6 Å². The molecule has 0 radical (unpaired) electrons. The first kappa shape index (κ1) is 13.7. The van der Waals surface area contributed by atoms with Gasteiger partial charge < -0.3 is 0 Å². The molecule has 1 aromatic heterocycles. The Bertz CT molecular complexity index is 526. The maximum Gasteiger partial charge on any atom is 0.434 e. The second-order valence-corrected chi connectivity index (χ2v) is 6.41. The zero-order chi connectivity index (χ0) is 13.4. The van der Waals surface area contributed by atoms with Crippen LogP contribution in [0.4, 0.5) is 13.2 Å². The SMILES string of the molecule is O=S1(=O)NCCCN1Cc1nc(C(F)(F)F)cs1. The number of rotatable bonds is 2. The van der Waals surface area contributed by atoms with Crippen molar-refractivity contribution in [3.05, 3.63) is 16.1 Å². The number of aromatic nitrogens is 1. The van der Waals surface area contributed by atoms with Crippen molar-refractivity contribution in [2.24, 2.45) is 0 Å². The molecule has 0 saturated carbocycles. The lowest BCUT2D eigenvalue weighted by Crippen LogP contribution is -2.46. The van der Waals surface area contributed by atoms with E-state index in [0.717, 1.165) is 21.0 Å². The van der Waals surface area contributed by atoms with Gasteiger partial charge in [0.25, 0.3) is 10.2 Å². The zero-order valence-electron chi connectivity index (χ0n) is 9.07. The van der Waals surface area contributed by atoms with E-state index in [1.807, 2.05) is 0 Å². The van der Waals surface area contributed by atoms with Gasteiger partial charge in [-0.2, -0.15) is 25.9 Å². The molecule has 0 atom stereocenters. The molecule has 5 nitrogen and oxygen atoms in total. The van der Waals surface area contributed by atoms with Crippen LogP contribution in [0.1, 0.15) is 17.1 Å². The molecular formula is C8H10F3N3O2S2. The van der Waals surface area contributed by atoms with Gasteiger partial charge in [0.15, 0.2) is 5.69 Å². The third-order valence-electron chi connectivity index (χ3n) is 2.36. The van der Waals surface area contributed by atoms with Crippen LogP contribution in [0, 0.1) is 0 Å². The number of thiazole rings is 1. The predicted molar refractivity (Wildman–Crippen MR) is 59.1 cm³/mol. The average molecular weight is 301 g/mol. The molecule has 18 heavy (non-hydrogen) atoms. The summed E-state index contributed by atoms with van der Waals surface area (Å²) < 4.78 is 63.5. The highest BCUT2D eigenvalue weighted by atomic mass is 32.2. The molecule has 102 valence electrons. The molecule has 1 aromatic rings. The van der Waals surface area contributed by atoms with Gasteiger partial charge in [0.05, 0.1) is 6.54 Å². The Kier molecular flexibility index (Phi) is 3.63. The van der Waals surface area contributed by atoms with Crippen LogP contribution in [-0.4, -0.2) is 30.8 Å². The van der Waals surface area contributed by atoms with E-state index in [1.54, 1.807) is 0 Å². The second-order valence-electron chi connectivity index (χ2n) is 3.71. The number of hydrogen-bond acceptors (Lipinski definition) is 4. The van der Waals surface area contributed by atoms with E-state index in [0.29, 0.717) is 13.0 Å². The molecule has 1 aliphatic rings. The van der Waals surface area contributed by atoms with Gasteiger partial charge in [-0.15, -0.1) is 11.3 Å². The van der Waals surface area contributed by atoms with Crippen molar-refractivity contribution in [3.8, 4) is 0 Å². The van der Waals surface area contributed by atoms with Crippen molar-refractivity contribution in [1.29, 1.82) is 0 Å². The van der Waals surface area contributed by atoms with E-state index in [2.05, 4.69) is 9.71 Å². The molecule has 0 aliphatic carbocycles. The third kappa shape index (κ3) is 2.99. The minimum Gasteiger partial charge on any atom is -0.235 e. The van der Waals surface area contributed by atoms with E-state index in [-0.39, 0.29) is 18.1 Å². The highest BCUT2D eigenvalue weighted by Crippen LogP contribution is 2.30. The standard InChI is InChI=1S/C8H10F3N3O2S2/c9-8(10,11)6-5-17-7(13-6)4-14-3-1-2-12-18(14,15)16/h5,12H,1-4H2. The molecule has 1 saturated heterocycles. The Morgan fingerprint density at radius 2 is 2.22 bits per heavy atom. The smallest absolute Gasteiger partial charge is 0.235 e. The monoisotopic (exact) mass is 301 g/mol. The first-order chi connectivity index (χ1) is 8.29. The molecule has 2 heterocycles. The molecule has 0 amide bonds. The molecule has 0 bridgehead atoms. The summed E-state index contributed by atoms with van der Waals surface area (Å²) in [7, 11) is -3.58. The van der Waals surface area contributed by atoms with E-state index < -0.39 is 22.1 Å². The summed E-state index contributed by atoms with van der Waals surface area (Å²) in [6, 6.07) is 0. The summed E-state index contributed by atoms with van der Waals surface area (Å²) in [5.74, 6) is 0. The normalized spacial score (nSPS) is 21.1. The summed E-state index contributed by atoms with van der Waals surface area (Å²) in [6.07, 6.45) is -3.87. The summed E-state index contributed by atoms with van der Waals surface area (Å²) in [6.45, 7) is 0.511. The number of halogens is 3. The van der Waals surface area contributed by atoms with Gasteiger partial charge in [0.2, 0.25) is 0 Å². The first-order valence-corrected chi connectivity index (χ1v) is 7.37. The van der Waals surface area contributed by atoms with Crippen molar-refractivity contribution < 1.29 is 21.6 Å². The quantitative estimate of drug-likeness (QED) is 0.893. The van der Waals surface area contributed by atoms with Gasteiger partial charge in [0, 0.05) is 18.5 Å². The van der Waals surface area contributed by atoms with Crippen LogP contribution < -0.4 is 4.72 Å². The van der Waals surface area contributed by atoms with Gasteiger partial charge in [-0.1, -0.05) is 0 Å². The number of nitrogens with one attached hydrogen (secondary N) is 1. The van der Waals surface area contributed by atoms with Crippen molar-refractivity contribution in [2.75, 3.05) is 13.1 Å². The first-order valence-electron chi connectivity index (χ1n) is 5.05. The van der Waals surface area contributed by atoms with Gasteiger partial charge >= 0.3 is 6.18 Å². The summed E-state index contributed by atoms with van der Waals surface area (Å²) >= 11 is 0.806. The summed E-state index contributed by atoms with van der Waals surface area (Å²) in [4.78, 5) is 3.40. The molecule has 2 rings (SSSR count). The molecule has 1 N–H and O–H groups in total. The highest BCUT2D eigenvalue weighted by Gasteiger charge is 2.34. The molecule has 0 spiro atoms. The summed E-state index contributed by atoms with van der Waals surface area (Å²) in [5.41, 5.74) is -0.982. The van der Waals surface area contributed by atoms with Crippen LogP contribution in [-0.2, 0) is 22.9 Å². The van der Waals surface area contributed by atoms with Crippen LogP contribution in [0.25, 0.3) is 0 Å². The lowest BCUT2D eigenvalue weighted by Gasteiger charge is -2.25. The molecule has 0 aromatic carbocycles. The minimum absolute atomic E-state index is 0.129. The van der Waals surface area contributed by atoms with Gasteiger partial charge in [-0.05, 0) is 6.42 Å². The largest absolute Gasteiger partial charge is 0.434 e. The molecule has 1 aliphatic heterocycles. The Labute approximate surface area is 106 Å². The van der Waals surface area contributed by atoms with E-state index in [4.69, 9.17) is 0 Å². The van der Waals surface area contributed by atoms with E-state index >= 15 is 0 Å². The Morgan fingerprint density at radius 3 is 2.78 bits per heavy atom. The van der Waals surface area contributed by atoms with Gasteiger partial charge in [-0.3, -0.25) is 0 Å². The highest BCUT2D eigenvalue weighted by molar-refractivity contribution is 7.87. The lowest BCUT2D eigenvalue weighted by atomic mass is 10.4. The molecule has 10 heteroatoms. The van der Waals surface area contributed by atoms with Crippen LogP contribution in [0.15, 0.2) is 5.38 Å². The van der Waals surface area contributed by atoms with Crippen LogP contribution >= 0.6 is 11.3 Å². The van der Waals surface area contributed by atoms with Crippen LogP contribution in [0.3, 0.4) is 0 Å². The van der Waals surface area contributed by atoms with Crippen molar-refractivity contribution >= 4 is 21.5 Å². The average Bonchev–Trinajstić information content (AvgIpc) is 2.69. The number of nitrogens with zero attached hydrogens (tertiary/aromatic N) is 2. The zero-order valence-corrected chi connectivity index (χ0v) is 10.7. The fraction of sp³-hybridized carbons (Fsp3) is 0.625. The predicted octanol–water partition coefficient (Wildman–Crippen LogP) is 1.20. The number of alkyl halides is 3. The van der Waals surface area contributed by atoms with Crippen LogP contribution in [0.2, 0.25) is 0 Å². The minimum atomic E-state index is -4.49. The van der Waals surface area contributed by atoms with Crippen LogP contribution in [0.5, 0.6) is 0 Å². The molecule has 0 unspecified atom stereocenters. The third-order valence-corrected chi connectivity index (χ3v) is 4.76. The van der Waals surface area contributed by atoms with Gasteiger partial charge in [-0.25, -0.2) is 9.71 Å². The fourth-order valence-corrected chi connectivity index (χ4v) is 3.64. The second kappa shape index (κ2) is 4.76. The van der Waals surface area contributed by atoms with E-state index in [1.165, 1.54) is 0 Å². The topological polar surface area (TPSA) is 62.3 Å². The van der Waals surface area contributed by atoms with Crippen molar-refractivity contribution in [2.45, 2.75) is 19.1 Å². The Balaban J connectivity index is 2.12. The lowest BCUT2D eigenvalue weighted by molar-refractivity contribution is -0.140. The summed E-state index contributed by atoms with van der Waals surface area (Å²) in [5, 5.41) is 1.02. The Morgan fingerprint density at radius 1 is 1.50 bits per heavy atom. The van der Waals surface area contributed by atoms with Crippen molar-refractivity contribution in [3.63, 3.8) is 0 Å². The molecule has 1 fully saturated rings. The molecular weight excluding hydrogens is 291 g/mol. The maximum absolute atomic E-state index is 12.3. The van der Waals surface area contributed by atoms with Gasteiger partial charge in [0.1, 0.15) is 5.01 Å². The fourth-order valence-electron chi connectivity index (χ4n) is 1.50. The maximum atomic E-state index is 12.3.